The third-order valence-corrected chi connectivity index (χ3v) is 3.83. The van der Waals surface area contributed by atoms with Gasteiger partial charge in [-0.2, -0.15) is 0 Å². The van der Waals surface area contributed by atoms with Crippen LogP contribution in [0.1, 0.15) is 11.6 Å². The third kappa shape index (κ3) is 1.94. The van der Waals surface area contributed by atoms with E-state index in [9.17, 15) is 15.3 Å². The van der Waals surface area contributed by atoms with Crippen molar-refractivity contribution in [1.82, 2.24) is 14.5 Å². The van der Waals surface area contributed by atoms with Gasteiger partial charge in [0.25, 0.3) is 0 Å². The van der Waals surface area contributed by atoms with Gasteiger partial charge >= 0.3 is 0 Å². The molecule has 5 N–H and O–H groups in total. The molecule has 0 aromatic carbocycles. The second-order valence-electron chi connectivity index (χ2n) is 4.98. The Bertz CT molecular complexity index is 737. The molecule has 2 aromatic heterocycles. The van der Waals surface area contributed by atoms with Crippen LogP contribution in [0.2, 0.25) is 0 Å². The molecule has 1 aliphatic carbocycles. The van der Waals surface area contributed by atoms with Crippen molar-refractivity contribution in [3.8, 4) is 0 Å². The molecule has 3 rings (SSSR count). The first-order valence-electron chi connectivity index (χ1n) is 6.49. The van der Waals surface area contributed by atoms with E-state index < -0.39 is 18.2 Å². The van der Waals surface area contributed by atoms with Gasteiger partial charge in [-0.15, -0.1) is 0 Å². The van der Waals surface area contributed by atoms with E-state index in [1.165, 1.54) is 6.33 Å². The molecule has 0 saturated carbocycles. The summed E-state index contributed by atoms with van der Waals surface area (Å²) in [4.78, 5) is 8.16. The summed E-state index contributed by atoms with van der Waals surface area (Å²) in [6, 6.07) is -0.535. The SMILES string of the molecule is C=Cc1cn([C@@H]2C=C(CO)[C@@H](O)[C@H]2O)c2ncnc(N)c12. The van der Waals surface area contributed by atoms with Gasteiger partial charge < -0.3 is 25.6 Å². The van der Waals surface area contributed by atoms with Crippen LogP contribution < -0.4 is 5.73 Å². The zero-order chi connectivity index (χ0) is 15.1. The first kappa shape index (κ1) is 13.7. The Kier molecular flexibility index (Phi) is 3.25. The number of aliphatic hydroxyl groups excluding tert-OH is 3. The quantitative estimate of drug-likeness (QED) is 0.584. The molecule has 0 unspecified atom stereocenters. The maximum Gasteiger partial charge on any atom is 0.146 e. The fraction of sp³-hybridized carbons (Fsp3) is 0.286. The Labute approximate surface area is 120 Å². The van der Waals surface area contributed by atoms with Crippen molar-refractivity contribution in [2.75, 3.05) is 12.3 Å². The van der Waals surface area contributed by atoms with Crippen molar-refractivity contribution in [3.05, 3.63) is 36.3 Å². The summed E-state index contributed by atoms with van der Waals surface area (Å²) in [6.07, 6.45) is 4.21. The fourth-order valence-corrected chi connectivity index (χ4v) is 2.73. The number of nitrogens with two attached hydrogens (primary N) is 1. The lowest BCUT2D eigenvalue weighted by molar-refractivity contribution is 0.0288. The molecular weight excluding hydrogens is 272 g/mol. The van der Waals surface area contributed by atoms with Gasteiger partial charge in [0.2, 0.25) is 0 Å². The number of anilines is 1. The molecule has 1 aliphatic rings. The molecule has 21 heavy (non-hydrogen) atoms. The van der Waals surface area contributed by atoms with Gasteiger partial charge in [0.05, 0.1) is 18.0 Å². The summed E-state index contributed by atoms with van der Waals surface area (Å²) < 4.78 is 1.71. The Morgan fingerprint density at radius 2 is 2.14 bits per heavy atom. The molecule has 3 atom stereocenters. The van der Waals surface area contributed by atoms with Gasteiger partial charge in [-0.3, -0.25) is 0 Å². The molecule has 0 bridgehead atoms. The van der Waals surface area contributed by atoms with Gasteiger partial charge in [0, 0.05) is 11.8 Å². The fourth-order valence-electron chi connectivity index (χ4n) is 2.73. The summed E-state index contributed by atoms with van der Waals surface area (Å²) in [6.45, 7) is 3.43. The van der Waals surface area contributed by atoms with Gasteiger partial charge in [-0.05, 0) is 5.57 Å². The van der Waals surface area contributed by atoms with Crippen LogP contribution in [0.25, 0.3) is 17.1 Å². The van der Waals surface area contributed by atoms with Crippen LogP contribution in [-0.2, 0) is 0 Å². The average Bonchev–Trinajstić information content (AvgIpc) is 2.99. The molecule has 0 amide bonds. The number of nitrogens with zero attached hydrogens (tertiary/aromatic N) is 3. The van der Waals surface area contributed by atoms with Crippen molar-refractivity contribution in [2.45, 2.75) is 18.2 Å². The lowest BCUT2D eigenvalue weighted by Crippen LogP contribution is -2.30. The highest BCUT2D eigenvalue weighted by Gasteiger charge is 2.36. The first-order chi connectivity index (χ1) is 10.1. The van der Waals surface area contributed by atoms with Gasteiger partial charge in [0.15, 0.2) is 0 Å². The Morgan fingerprint density at radius 3 is 2.76 bits per heavy atom. The summed E-state index contributed by atoms with van der Waals surface area (Å²) in [7, 11) is 0. The lowest BCUT2D eigenvalue weighted by Gasteiger charge is -2.19. The molecule has 0 aliphatic heterocycles. The van der Waals surface area contributed by atoms with Crippen molar-refractivity contribution in [1.29, 1.82) is 0 Å². The van der Waals surface area contributed by atoms with Crippen LogP contribution >= 0.6 is 0 Å². The maximum atomic E-state index is 10.2. The molecule has 0 saturated heterocycles. The van der Waals surface area contributed by atoms with Crippen molar-refractivity contribution >= 4 is 22.9 Å². The van der Waals surface area contributed by atoms with Crippen LogP contribution in [0.5, 0.6) is 0 Å². The highest BCUT2D eigenvalue weighted by molar-refractivity contribution is 5.94. The number of aliphatic hydroxyl groups is 3. The van der Waals surface area contributed by atoms with Gasteiger partial charge in [-0.1, -0.05) is 18.7 Å². The van der Waals surface area contributed by atoms with E-state index >= 15 is 0 Å². The van der Waals surface area contributed by atoms with E-state index in [1.54, 1.807) is 22.9 Å². The number of aromatic nitrogens is 3. The second kappa shape index (κ2) is 4.96. The maximum absolute atomic E-state index is 10.2. The number of nitrogen functional groups attached to an aromatic ring is 1. The van der Waals surface area contributed by atoms with Crippen LogP contribution in [-0.4, -0.2) is 48.7 Å². The summed E-state index contributed by atoms with van der Waals surface area (Å²) in [5.74, 6) is 0.327. The molecule has 0 radical (unpaired) electrons. The molecule has 0 spiro atoms. The normalized spacial score (nSPS) is 25.3. The minimum Gasteiger partial charge on any atom is -0.392 e. The topological polar surface area (TPSA) is 117 Å². The number of hydrogen-bond acceptors (Lipinski definition) is 6. The Balaban J connectivity index is 2.20. The van der Waals surface area contributed by atoms with Gasteiger partial charge in [0.1, 0.15) is 30.0 Å². The smallest absolute Gasteiger partial charge is 0.146 e. The van der Waals surface area contributed by atoms with E-state index in [2.05, 4.69) is 16.5 Å². The predicted molar refractivity (Wildman–Crippen MR) is 78.3 cm³/mol. The molecule has 0 fully saturated rings. The summed E-state index contributed by atoms with van der Waals surface area (Å²) in [5, 5.41) is 30.0. The van der Waals surface area contributed by atoms with Crippen molar-refractivity contribution in [3.63, 3.8) is 0 Å². The van der Waals surface area contributed by atoms with Crippen LogP contribution in [0.3, 0.4) is 0 Å². The summed E-state index contributed by atoms with van der Waals surface area (Å²) in [5.41, 5.74) is 7.56. The number of hydrogen-bond donors (Lipinski definition) is 4. The minimum absolute atomic E-state index is 0.306. The Hall–Kier alpha value is -2.22. The van der Waals surface area contributed by atoms with E-state index in [0.29, 0.717) is 22.4 Å². The molecule has 7 heteroatoms. The highest BCUT2D eigenvalue weighted by atomic mass is 16.3. The van der Waals surface area contributed by atoms with Crippen molar-refractivity contribution < 1.29 is 15.3 Å². The van der Waals surface area contributed by atoms with Crippen LogP contribution in [0, 0.1) is 0 Å². The summed E-state index contributed by atoms with van der Waals surface area (Å²) >= 11 is 0. The molecular formula is C14H16N4O3. The van der Waals surface area contributed by atoms with E-state index in [4.69, 9.17) is 5.73 Å². The highest BCUT2D eigenvalue weighted by Crippen LogP contribution is 2.34. The zero-order valence-electron chi connectivity index (χ0n) is 11.2. The van der Waals surface area contributed by atoms with E-state index in [-0.39, 0.29) is 6.61 Å². The van der Waals surface area contributed by atoms with Crippen LogP contribution in [0.4, 0.5) is 5.82 Å². The monoisotopic (exact) mass is 288 g/mol. The molecule has 7 nitrogen and oxygen atoms in total. The van der Waals surface area contributed by atoms with E-state index in [0.717, 1.165) is 5.56 Å². The van der Waals surface area contributed by atoms with Crippen molar-refractivity contribution in [2.24, 2.45) is 0 Å². The zero-order valence-corrected chi connectivity index (χ0v) is 11.2. The molecule has 2 aromatic rings. The van der Waals surface area contributed by atoms with Crippen LogP contribution in [0.15, 0.2) is 30.8 Å². The first-order valence-corrected chi connectivity index (χ1v) is 6.49. The lowest BCUT2D eigenvalue weighted by atomic mass is 10.1. The van der Waals surface area contributed by atoms with E-state index in [1.807, 2.05) is 0 Å². The standard InChI is InChI=1S/C14H16N4O3/c1-2-7-4-18(14-10(7)13(15)16-6-17-14)9-3-8(5-19)11(20)12(9)21/h2-4,6,9,11-12,19-21H,1,5H2,(H2,15,16,17)/t9-,11-,12+/m1/s1. The second-order valence-corrected chi connectivity index (χ2v) is 4.98. The Morgan fingerprint density at radius 1 is 1.38 bits per heavy atom. The predicted octanol–water partition coefficient (Wildman–Crippen LogP) is -0.148. The average molecular weight is 288 g/mol. The number of fused-ring (bicyclic) bond motifs is 1. The van der Waals surface area contributed by atoms with Gasteiger partial charge in [-0.25, -0.2) is 9.97 Å². The molecule has 110 valence electrons. The number of rotatable bonds is 3. The third-order valence-electron chi connectivity index (χ3n) is 3.83. The minimum atomic E-state index is -1.09. The molecule has 2 heterocycles. The largest absolute Gasteiger partial charge is 0.392 e.